The first-order valence-electron chi connectivity index (χ1n) is 11.1. The van der Waals surface area contributed by atoms with Gasteiger partial charge in [-0.2, -0.15) is 0 Å². The van der Waals surface area contributed by atoms with Gasteiger partial charge in [-0.25, -0.2) is 4.98 Å². The molecule has 1 aromatic carbocycles. The molecule has 1 unspecified atom stereocenters. The van der Waals surface area contributed by atoms with Crippen LogP contribution in [-0.2, 0) is 19.5 Å². The second-order valence-electron chi connectivity index (χ2n) is 8.68. The highest BCUT2D eigenvalue weighted by atomic mass is 15.1. The summed E-state index contributed by atoms with van der Waals surface area (Å²) in [6.45, 7) is 1.69. The quantitative estimate of drug-likeness (QED) is 0.503. The third-order valence-electron chi connectivity index (χ3n) is 6.02. The smallest absolute Gasteiger partial charge is 0.137 e. The maximum absolute atomic E-state index is 4.87. The highest BCUT2D eigenvalue weighted by Gasteiger charge is 2.21. The van der Waals surface area contributed by atoms with Gasteiger partial charge in [0.15, 0.2) is 0 Å². The number of rotatable bonds is 6. The summed E-state index contributed by atoms with van der Waals surface area (Å²) in [7, 11) is 4.19. The Kier molecular flexibility index (Phi) is 5.53. The Hall–Kier alpha value is -3.02. The van der Waals surface area contributed by atoms with E-state index in [4.69, 9.17) is 4.98 Å². The third kappa shape index (κ3) is 4.24. The molecule has 3 aromatic heterocycles. The molecule has 5 heteroatoms. The zero-order valence-electron chi connectivity index (χ0n) is 18.3. The molecule has 1 atom stereocenters. The van der Waals surface area contributed by atoms with Crippen molar-refractivity contribution in [3.05, 3.63) is 89.5 Å². The Labute approximate surface area is 183 Å². The van der Waals surface area contributed by atoms with E-state index >= 15 is 0 Å². The van der Waals surface area contributed by atoms with E-state index in [2.05, 4.69) is 88.4 Å². The summed E-state index contributed by atoms with van der Waals surface area (Å²) in [5.74, 6) is 0. The molecule has 5 rings (SSSR count). The van der Waals surface area contributed by atoms with Gasteiger partial charge >= 0.3 is 0 Å². The van der Waals surface area contributed by atoms with Gasteiger partial charge in [0.1, 0.15) is 5.65 Å². The molecule has 0 saturated heterocycles. The van der Waals surface area contributed by atoms with E-state index in [0.717, 1.165) is 43.0 Å². The Morgan fingerprint density at radius 3 is 2.77 bits per heavy atom. The Balaban J connectivity index is 1.37. The normalized spacial score (nSPS) is 16.0. The molecule has 0 bridgehead atoms. The SMILES string of the molecule is CN(C)Cc1ccc(-c2cccc3nc(CNC4CCCc5cccnc54)cn23)cc1. The lowest BCUT2D eigenvalue weighted by Gasteiger charge is -2.24. The van der Waals surface area contributed by atoms with Crippen LogP contribution in [0.2, 0.25) is 0 Å². The fourth-order valence-corrected chi connectivity index (χ4v) is 4.56. The van der Waals surface area contributed by atoms with Crippen LogP contribution in [0.1, 0.15) is 41.4 Å². The number of benzene rings is 1. The Bertz CT molecular complexity index is 1180. The summed E-state index contributed by atoms with van der Waals surface area (Å²) in [6.07, 6.45) is 7.53. The summed E-state index contributed by atoms with van der Waals surface area (Å²) in [4.78, 5) is 11.7. The lowest BCUT2D eigenvalue weighted by Crippen LogP contribution is -2.26. The van der Waals surface area contributed by atoms with Crippen molar-refractivity contribution in [3.8, 4) is 11.3 Å². The maximum atomic E-state index is 4.87. The molecule has 4 aromatic rings. The number of nitrogens with zero attached hydrogens (tertiary/aromatic N) is 4. The molecule has 1 aliphatic rings. The van der Waals surface area contributed by atoms with Gasteiger partial charge in [-0.05, 0) is 68.2 Å². The Morgan fingerprint density at radius 2 is 1.94 bits per heavy atom. The number of hydrogen-bond donors (Lipinski definition) is 1. The van der Waals surface area contributed by atoms with Crippen molar-refractivity contribution in [1.82, 2.24) is 24.6 Å². The van der Waals surface area contributed by atoms with Crippen molar-refractivity contribution in [2.24, 2.45) is 0 Å². The largest absolute Gasteiger partial charge is 0.305 e. The molecule has 0 saturated carbocycles. The average molecular weight is 412 g/mol. The third-order valence-corrected chi connectivity index (χ3v) is 6.02. The summed E-state index contributed by atoms with van der Waals surface area (Å²) in [5, 5.41) is 3.70. The van der Waals surface area contributed by atoms with Crippen molar-refractivity contribution in [2.45, 2.75) is 38.4 Å². The van der Waals surface area contributed by atoms with E-state index < -0.39 is 0 Å². The summed E-state index contributed by atoms with van der Waals surface area (Å²) in [6, 6.07) is 19.7. The van der Waals surface area contributed by atoms with Crippen LogP contribution in [0.25, 0.3) is 16.9 Å². The fourth-order valence-electron chi connectivity index (χ4n) is 4.56. The fraction of sp³-hybridized carbons (Fsp3) is 0.308. The van der Waals surface area contributed by atoms with Gasteiger partial charge in [0, 0.05) is 25.5 Å². The average Bonchev–Trinajstić information content (AvgIpc) is 3.21. The van der Waals surface area contributed by atoms with Crippen LogP contribution in [-0.4, -0.2) is 33.4 Å². The van der Waals surface area contributed by atoms with Gasteiger partial charge in [0.25, 0.3) is 0 Å². The van der Waals surface area contributed by atoms with Crippen molar-refractivity contribution in [2.75, 3.05) is 14.1 Å². The highest BCUT2D eigenvalue weighted by molar-refractivity contribution is 5.64. The van der Waals surface area contributed by atoms with Crippen LogP contribution in [0.3, 0.4) is 0 Å². The Morgan fingerprint density at radius 1 is 1.06 bits per heavy atom. The van der Waals surface area contributed by atoms with Crippen molar-refractivity contribution < 1.29 is 0 Å². The van der Waals surface area contributed by atoms with E-state index in [1.165, 1.54) is 28.8 Å². The van der Waals surface area contributed by atoms with E-state index in [1.807, 2.05) is 12.3 Å². The molecule has 0 fully saturated rings. The predicted molar refractivity (Wildman–Crippen MR) is 125 cm³/mol. The van der Waals surface area contributed by atoms with Gasteiger partial charge in [0.05, 0.1) is 23.1 Å². The molecule has 1 aliphatic carbocycles. The first-order chi connectivity index (χ1) is 15.2. The van der Waals surface area contributed by atoms with Crippen molar-refractivity contribution in [1.29, 1.82) is 0 Å². The molecule has 1 N–H and O–H groups in total. The van der Waals surface area contributed by atoms with Gasteiger partial charge in [-0.1, -0.05) is 36.4 Å². The zero-order valence-corrected chi connectivity index (χ0v) is 18.3. The highest BCUT2D eigenvalue weighted by Crippen LogP contribution is 2.28. The van der Waals surface area contributed by atoms with Gasteiger partial charge < -0.3 is 10.2 Å². The summed E-state index contributed by atoms with van der Waals surface area (Å²) in [5.41, 5.74) is 8.30. The molecule has 0 radical (unpaired) electrons. The number of aromatic nitrogens is 3. The standard InChI is InChI=1S/C26H29N5/c1-30(2)17-19-11-13-20(14-12-19)24-9-4-10-25-29-22(18-31(24)25)16-28-23-8-3-6-21-7-5-15-27-26(21)23/h4-5,7,9-15,18,23,28H,3,6,8,16-17H2,1-2H3. The number of pyridine rings is 2. The van der Waals surface area contributed by atoms with Crippen LogP contribution in [0.4, 0.5) is 0 Å². The zero-order chi connectivity index (χ0) is 21.2. The topological polar surface area (TPSA) is 45.5 Å². The van der Waals surface area contributed by atoms with Crippen LogP contribution in [0, 0.1) is 0 Å². The molecular weight excluding hydrogens is 382 g/mol. The lowest BCUT2D eigenvalue weighted by atomic mass is 9.92. The second kappa shape index (κ2) is 8.61. The molecule has 31 heavy (non-hydrogen) atoms. The lowest BCUT2D eigenvalue weighted by molar-refractivity contribution is 0.402. The second-order valence-corrected chi connectivity index (χ2v) is 8.68. The van der Waals surface area contributed by atoms with E-state index in [-0.39, 0.29) is 0 Å². The van der Waals surface area contributed by atoms with Crippen LogP contribution in [0.15, 0.2) is 67.0 Å². The first kappa shape index (κ1) is 19.9. The number of fused-ring (bicyclic) bond motifs is 2. The van der Waals surface area contributed by atoms with Crippen molar-refractivity contribution in [3.63, 3.8) is 0 Å². The molecular formula is C26H29N5. The van der Waals surface area contributed by atoms with E-state index in [9.17, 15) is 0 Å². The molecule has 3 heterocycles. The van der Waals surface area contributed by atoms with Crippen LogP contribution in [0.5, 0.6) is 0 Å². The molecule has 0 aliphatic heterocycles. The van der Waals surface area contributed by atoms with Crippen LogP contribution >= 0.6 is 0 Å². The van der Waals surface area contributed by atoms with Gasteiger partial charge in [-0.15, -0.1) is 0 Å². The number of aryl methyl sites for hydroxylation is 1. The van der Waals surface area contributed by atoms with Crippen LogP contribution < -0.4 is 5.32 Å². The monoisotopic (exact) mass is 411 g/mol. The molecule has 158 valence electrons. The first-order valence-corrected chi connectivity index (χ1v) is 11.1. The summed E-state index contributed by atoms with van der Waals surface area (Å²) >= 11 is 0. The van der Waals surface area contributed by atoms with Gasteiger partial charge in [0.2, 0.25) is 0 Å². The minimum Gasteiger partial charge on any atom is -0.305 e. The van der Waals surface area contributed by atoms with E-state index in [1.54, 1.807) is 0 Å². The predicted octanol–water partition coefficient (Wildman–Crippen LogP) is 4.63. The molecule has 0 amide bonds. The summed E-state index contributed by atoms with van der Waals surface area (Å²) < 4.78 is 2.20. The number of imidazole rings is 1. The van der Waals surface area contributed by atoms with Crippen molar-refractivity contribution >= 4 is 5.65 Å². The minimum atomic E-state index is 0.304. The maximum Gasteiger partial charge on any atom is 0.137 e. The van der Waals surface area contributed by atoms with Gasteiger partial charge in [-0.3, -0.25) is 9.38 Å². The number of hydrogen-bond acceptors (Lipinski definition) is 4. The number of nitrogens with one attached hydrogen (secondary N) is 1. The minimum absolute atomic E-state index is 0.304. The van der Waals surface area contributed by atoms with E-state index in [0.29, 0.717) is 6.04 Å². The molecule has 0 spiro atoms. The molecule has 5 nitrogen and oxygen atoms in total.